The van der Waals surface area contributed by atoms with Gasteiger partial charge in [0.15, 0.2) is 0 Å². The highest BCUT2D eigenvalue weighted by molar-refractivity contribution is 9.08. The number of aliphatic hydroxyl groups is 1. The molecule has 0 aliphatic rings. The molecular formula is C14H20BrNO2. The summed E-state index contributed by atoms with van der Waals surface area (Å²) in [4.78, 5) is 11.9. The standard InChI is InChI=1S/C14H20BrNO2/c1-3-8-14(2,18)10-16-13(17)12-6-4-11(9-15)5-7-12/h4-7,18H,3,8-10H2,1-2H3,(H,16,17). The molecule has 3 nitrogen and oxygen atoms in total. The van der Waals surface area contributed by atoms with Crippen LogP contribution in [0.3, 0.4) is 0 Å². The van der Waals surface area contributed by atoms with Crippen LogP contribution >= 0.6 is 15.9 Å². The number of hydrogen-bond donors (Lipinski definition) is 2. The zero-order valence-electron chi connectivity index (χ0n) is 10.9. The highest BCUT2D eigenvalue weighted by atomic mass is 79.9. The first kappa shape index (κ1) is 15.2. The highest BCUT2D eigenvalue weighted by Gasteiger charge is 2.20. The molecule has 0 aliphatic heterocycles. The third-order valence-corrected chi connectivity index (χ3v) is 3.44. The Labute approximate surface area is 117 Å². The number of halogens is 1. The summed E-state index contributed by atoms with van der Waals surface area (Å²) in [6, 6.07) is 7.41. The van der Waals surface area contributed by atoms with Gasteiger partial charge in [-0.05, 0) is 31.0 Å². The molecule has 0 spiro atoms. The fourth-order valence-electron chi connectivity index (χ4n) is 1.74. The van der Waals surface area contributed by atoms with E-state index in [1.54, 1.807) is 19.1 Å². The molecule has 1 atom stereocenters. The molecule has 1 unspecified atom stereocenters. The number of hydrogen-bond acceptors (Lipinski definition) is 2. The third-order valence-electron chi connectivity index (χ3n) is 2.79. The van der Waals surface area contributed by atoms with E-state index in [-0.39, 0.29) is 12.5 Å². The first-order valence-corrected chi connectivity index (χ1v) is 7.26. The lowest BCUT2D eigenvalue weighted by molar-refractivity contribution is 0.0469. The van der Waals surface area contributed by atoms with E-state index >= 15 is 0 Å². The van der Waals surface area contributed by atoms with Gasteiger partial charge in [-0.15, -0.1) is 0 Å². The molecular weight excluding hydrogens is 294 g/mol. The fraction of sp³-hybridized carbons (Fsp3) is 0.500. The second-order valence-corrected chi connectivity index (χ2v) is 5.32. The molecule has 0 bridgehead atoms. The van der Waals surface area contributed by atoms with Crippen LogP contribution in [0.2, 0.25) is 0 Å². The molecule has 0 aromatic heterocycles. The van der Waals surface area contributed by atoms with Crippen molar-refractivity contribution in [2.75, 3.05) is 6.54 Å². The van der Waals surface area contributed by atoms with Gasteiger partial charge in [0, 0.05) is 17.4 Å². The van der Waals surface area contributed by atoms with Gasteiger partial charge in [0.25, 0.3) is 5.91 Å². The van der Waals surface area contributed by atoms with Crippen molar-refractivity contribution < 1.29 is 9.90 Å². The Bertz CT molecular complexity index is 387. The Balaban J connectivity index is 2.54. The number of nitrogens with one attached hydrogen (secondary N) is 1. The van der Waals surface area contributed by atoms with Crippen molar-refractivity contribution in [3.05, 3.63) is 35.4 Å². The zero-order chi connectivity index (χ0) is 13.6. The van der Waals surface area contributed by atoms with Crippen LogP contribution in [0.5, 0.6) is 0 Å². The van der Waals surface area contributed by atoms with Crippen molar-refractivity contribution in [1.29, 1.82) is 0 Å². The highest BCUT2D eigenvalue weighted by Crippen LogP contribution is 2.11. The third kappa shape index (κ3) is 4.78. The molecule has 0 saturated carbocycles. The molecule has 1 aromatic carbocycles. The predicted molar refractivity (Wildman–Crippen MR) is 76.9 cm³/mol. The molecule has 18 heavy (non-hydrogen) atoms. The van der Waals surface area contributed by atoms with Crippen LogP contribution in [0.1, 0.15) is 42.6 Å². The average molecular weight is 314 g/mol. The van der Waals surface area contributed by atoms with Crippen LogP contribution in [0, 0.1) is 0 Å². The molecule has 0 fully saturated rings. The van der Waals surface area contributed by atoms with Gasteiger partial charge in [0.2, 0.25) is 0 Å². The minimum atomic E-state index is -0.833. The lowest BCUT2D eigenvalue weighted by Crippen LogP contribution is -2.40. The van der Waals surface area contributed by atoms with E-state index in [4.69, 9.17) is 0 Å². The largest absolute Gasteiger partial charge is 0.388 e. The maximum absolute atomic E-state index is 11.9. The first-order valence-electron chi connectivity index (χ1n) is 6.14. The topological polar surface area (TPSA) is 49.3 Å². The van der Waals surface area contributed by atoms with Crippen molar-refractivity contribution in [2.45, 2.75) is 37.6 Å². The normalized spacial score (nSPS) is 14.0. The molecule has 0 aliphatic carbocycles. The molecule has 0 radical (unpaired) electrons. The maximum atomic E-state index is 11.9. The van der Waals surface area contributed by atoms with Gasteiger partial charge in [0.1, 0.15) is 0 Å². The van der Waals surface area contributed by atoms with Crippen molar-refractivity contribution in [2.24, 2.45) is 0 Å². The molecule has 1 aromatic rings. The first-order chi connectivity index (χ1) is 8.48. The van der Waals surface area contributed by atoms with Crippen LogP contribution < -0.4 is 5.32 Å². The summed E-state index contributed by atoms with van der Waals surface area (Å²) < 4.78 is 0. The summed E-state index contributed by atoms with van der Waals surface area (Å²) in [5.41, 5.74) is 0.914. The Morgan fingerprint density at radius 1 is 1.39 bits per heavy atom. The minimum Gasteiger partial charge on any atom is -0.388 e. The SMILES string of the molecule is CCCC(C)(O)CNC(=O)c1ccc(CBr)cc1. The van der Waals surface area contributed by atoms with E-state index in [2.05, 4.69) is 21.2 Å². The van der Waals surface area contributed by atoms with Crippen LogP contribution in [-0.2, 0) is 5.33 Å². The summed E-state index contributed by atoms with van der Waals surface area (Å²) in [6.45, 7) is 4.03. The minimum absolute atomic E-state index is 0.146. The van der Waals surface area contributed by atoms with Gasteiger partial charge >= 0.3 is 0 Å². The smallest absolute Gasteiger partial charge is 0.251 e. The summed E-state index contributed by atoms with van der Waals surface area (Å²) in [6.07, 6.45) is 1.57. The summed E-state index contributed by atoms with van der Waals surface area (Å²) in [7, 11) is 0. The van der Waals surface area contributed by atoms with E-state index in [9.17, 15) is 9.90 Å². The molecule has 4 heteroatoms. The number of rotatable bonds is 6. The average Bonchev–Trinajstić information content (AvgIpc) is 2.36. The van der Waals surface area contributed by atoms with Gasteiger partial charge < -0.3 is 10.4 Å². The van der Waals surface area contributed by atoms with Gasteiger partial charge in [-0.25, -0.2) is 0 Å². The van der Waals surface area contributed by atoms with Gasteiger partial charge in [0.05, 0.1) is 5.60 Å². The van der Waals surface area contributed by atoms with Crippen molar-refractivity contribution in [3.8, 4) is 0 Å². The second kappa shape index (κ2) is 6.90. The Morgan fingerprint density at radius 3 is 2.50 bits per heavy atom. The Kier molecular flexibility index (Phi) is 5.82. The predicted octanol–water partition coefficient (Wildman–Crippen LogP) is 2.86. The number of alkyl halides is 1. The summed E-state index contributed by atoms with van der Waals surface area (Å²) in [5, 5.41) is 13.5. The van der Waals surface area contributed by atoms with Gasteiger partial charge in [-0.1, -0.05) is 41.4 Å². The molecule has 100 valence electrons. The molecule has 1 rings (SSSR count). The number of carbonyl (C=O) groups excluding carboxylic acids is 1. The second-order valence-electron chi connectivity index (χ2n) is 4.76. The lowest BCUT2D eigenvalue weighted by atomic mass is 10.0. The van der Waals surface area contributed by atoms with Crippen molar-refractivity contribution in [1.82, 2.24) is 5.32 Å². The maximum Gasteiger partial charge on any atom is 0.251 e. The number of benzene rings is 1. The molecule has 0 heterocycles. The Morgan fingerprint density at radius 2 is 2.00 bits per heavy atom. The number of carbonyl (C=O) groups is 1. The summed E-state index contributed by atoms with van der Waals surface area (Å²) >= 11 is 3.36. The van der Waals surface area contributed by atoms with E-state index in [0.717, 1.165) is 17.3 Å². The fourth-order valence-corrected chi connectivity index (χ4v) is 2.12. The van der Waals surface area contributed by atoms with E-state index in [1.165, 1.54) is 0 Å². The molecule has 2 N–H and O–H groups in total. The van der Waals surface area contributed by atoms with Gasteiger partial charge in [-0.2, -0.15) is 0 Å². The Hall–Kier alpha value is -0.870. The van der Waals surface area contributed by atoms with Crippen LogP contribution in [0.15, 0.2) is 24.3 Å². The zero-order valence-corrected chi connectivity index (χ0v) is 12.5. The van der Waals surface area contributed by atoms with E-state index in [0.29, 0.717) is 12.0 Å². The van der Waals surface area contributed by atoms with Crippen molar-refractivity contribution >= 4 is 21.8 Å². The van der Waals surface area contributed by atoms with Crippen LogP contribution in [0.25, 0.3) is 0 Å². The molecule has 0 saturated heterocycles. The summed E-state index contributed by atoms with van der Waals surface area (Å²) in [5.74, 6) is -0.146. The monoisotopic (exact) mass is 313 g/mol. The van der Waals surface area contributed by atoms with Gasteiger partial charge in [-0.3, -0.25) is 4.79 Å². The van der Waals surface area contributed by atoms with E-state index < -0.39 is 5.60 Å². The lowest BCUT2D eigenvalue weighted by Gasteiger charge is -2.22. The molecule has 1 amide bonds. The van der Waals surface area contributed by atoms with Crippen LogP contribution in [-0.4, -0.2) is 23.2 Å². The number of amides is 1. The van der Waals surface area contributed by atoms with Crippen molar-refractivity contribution in [3.63, 3.8) is 0 Å². The quantitative estimate of drug-likeness (QED) is 0.793. The van der Waals surface area contributed by atoms with E-state index in [1.807, 2.05) is 19.1 Å². The van der Waals surface area contributed by atoms with Crippen LogP contribution in [0.4, 0.5) is 0 Å².